The van der Waals surface area contributed by atoms with Crippen LogP contribution < -0.4 is 0 Å². The van der Waals surface area contributed by atoms with Crippen molar-refractivity contribution in [1.29, 1.82) is 0 Å². The average molecular weight is 641 g/mol. The molecule has 0 saturated carbocycles. The summed E-state index contributed by atoms with van der Waals surface area (Å²) >= 11 is 5.87. The van der Waals surface area contributed by atoms with Gasteiger partial charge < -0.3 is 9.97 Å². The summed E-state index contributed by atoms with van der Waals surface area (Å²) in [5.74, 6) is 2.05. The first-order valence-corrected chi connectivity index (χ1v) is 13.9. The quantitative estimate of drug-likeness (QED) is 0.143. The Hall–Kier alpha value is -5.28. The summed E-state index contributed by atoms with van der Waals surface area (Å²) in [7, 11) is 0. The molecular weight excluding hydrogens is 623 g/mol. The van der Waals surface area contributed by atoms with Crippen molar-refractivity contribution < 1.29 is 21.9 Å². The Morgan fingerprint density at radius 2 is 0.841 bits per heavy atom. The van der Waals surface area contributed by atoms with Crippen LogP contribution in [0.1, 0.15) is 10.4 Å². The maximum atomic E-state index is 12.1. The first-order valence-electron chi connectivity index (χ1n) is 13.5. The Bertz CT molecular complexity index is 2520. The molecule has 0 unspecified atom stereocenters. The third-order valence-electron chi connectivity index (χ3n) is 7.78. The van der Waals surface area contributed by atoms with Crippen LogP contribution >= 0.6 is 11.6 Å². The minimum Gasteiger partial charge on any atom is -0.324 e. The molecule has 7 aromatic rings. The van der Waals surface area contributed by atoms with E-state index in [1.54, 1.807) is 12.1 Å². The molecule has 0 aliphatic carbocycles. The van der Waals surface area contributed by atoms with E-state index in [-0.39, 0.29) is 17.1 Å². The molecule has 2 aliphatic rings. The summed E-state index contributed by atoms with van der Waals surface area (Å²) in [5, 5.41) is 2.71. The fourth-order valence-corrected chi connectivity index (χ4v) is 5.88. The normalized spacial score (nSPS) is 11.7. The van der Waals surface area contributed by atoms with E-state index in [0.717, 1.165) is 38.4 Å². The van der Waals surface area contributed by atoms with Gasteiger partial charge in [-0.2, -0.15) is 0 Å². The molecule has 4 aromatic carbocycles. The first-order chi connectivity index (χ1) is 21.1. The molecule has 9 nitrogen and oxygen atoms in total. The molecule has 3 aromatic heterocycles. The molecule has 0 atom stereocenters. The van der Waals surface area contributed by atoms with Crippen LogP contribution in [0, 0.1) is 0 Å². The fourth-order valence-electron chi connectivity index (χ4n) is 5.76. The van der Waals surface area contributed by atoms with Gasteiger partial charge in [-0.05, 0) is 29.8 Å². The van der Waals surface area contributed by atoms with E-state index in [4.69, 9.17) is 41.5 Å². The van der Waals surface area contributed by atoms with Crippen LogP contribution in [-0.4, -0.2) is 45.1 Å². The third kappa shape index (κ3) is 3.96. The van der Waals surface area contributed by atoms with Crippen molar-refractivity contribution in [3.63, 3.8) is 0 Å². The number of nitrogens with one attached hydrogen (secondary N) is 2. The number of hydrogen-bond donors (Lipinski definition) is 2. The average Bonchev–Trinajstić information content (AvgIpc) is 3.76. The van der Waals surface area contributed by atoms with Crippen molar-refractivity contribution in [3.8, 4) is 45.6 Å². The second-order valence-corrected chi connectivity index (χ2v) is 10.6. The van der Waals surface area contributed by atoms with E-state index in [2.05, 4.69) is 9.97 Å². The van der Waals surface area contributed by atoms with Crippen LogP contribution in [0.25, 0.3) is 89.7 Å². The monoisotopic (exact) mass is 639 g/mol. The van der Waals surface area contributed by atoms with Crippen LogP contribution in [0.15, 0.2) is 91.0 Å². The number of carbonyl (C=O) groups is 1. The van der Waals surface area contributed by atoms with E-state index >= 15 is 0 Å². The van der Waals surface area contributed by atoms with E-state index in [1.807, 2.05) is 78.9 Å². The van der Waals surface area contributed by atoms with Crippen LogP contribution in [0.2, 0.25) is 0 Å². The van der Waals surface area contributed by atoms with Gasteiger partial charge >= 0.3 is 0 Å². The number of halogens is 1. The maximum absolute atomic E-state index is 12.1. The number of aromatic amines is 2. The molecule has 213 valence electrons. The van der Waals surface area contributed by atoms with Gasteiger partial charge in [0.25, 0.3) is 5.24 Å². The largest absolute Gasteiger partial charge is 0.324 e. The minimum absolute atomic E-state index is 0. The Labute approximate surface area is 264 Å². The Balaban J connectivity index is 0.00000289. The molecule has 5 heterocycles. The number of fused-ring (bicyclic) bond motifs is 20. The number of hydrogen-bond acceptors (Lipinski definition) is 7. The fraction of sp³-hybridized carbons (Fsp3) is 0. The van der Waals surface area contributed by atoms with Gasteiger partial charge in [-0.3, -0.25) is 4.79 Å². The van der Waals surface area contributed by atoms with Gasteiger partial charge in [-0.15, -0.1) is 0 Å². The third-order valence-corrected chi connectivity index (χ3v) is 8.00. The molecule has 0 fully saturated rings. The summed E-state index contributed by atoms with van der Waals surface area (Å²) < 4.78 is 0. The number of H-pyrrole nitrogens is 2. The molecule has 2 aliphatic heterocycles. The molecule has 11 heteroatoms. The molecule has 0 spiro atoms. The second-order valence-electron chi connectivity index (χ2n) is 10.3. The molecule has 8 bridgehead atoms. The number of rotatable bonds is 1. The predicted octanol–water partition coefficient (Wildman–Crippen LogP) is 7.25. The summed E-state index contributed by atoms with van der Waals surface area (Å²) in [6, 6.07) is 28.9. The van der Waals surface area contributed by atoms with Crippen LogP contribution in [-0.2, 0) is 17.1 Å². The van der Waals surface area contributed by atoms with Crippen molar-refractivity contribution >= 4 is 61.0 Å². The van der Waals surface area contributed by atoms with Crippen LogP contribution in [0.5, 0.6) is 0 Å². The molecule has 0 saturated heterocycles. The van der Waals surface area contributed by atoms with Gasteiger partial charge in [-0.1, -0.05) is 72.8 Å². The number of nitrogens with zero attached hydrogens (tertiary/aromatic N) is 6. The molecule has 0 amide bonds. The van der Waals surface area contributed by atoms with E-state index in [1.165, 1.54) is 0 Å². The van der Waals surface area contributed by atoms with Crippen molar-refractivity contribution in [3.05, 3.63) is 96.6 Å². The zero-order chi connectivity index (χ0) is 28.7. The van der Waals surface area contributed by atoms with Crippen molar-refractivity contribution in [1.82, 2.24) is 39.9 Å². The molecule has 1 radical (unpaired) electrons. The summed E-state index contributed by atoms with van der Waals surface area (Å²) in [6.07, 6.45) is 0. The number of aromatic nitrogens is 8. The maximum Gasteiger partial charge on any atom is 0.252 e. The molecule has 2 N–H and O–H groups in total. The SMILES string of the molecule is O=C(Cl)c1ccc2c3nc4nc(nc5[nH]c(nc6nc(nc([nH]3)c2c1)-c1ccccc1-6)c1ccccc51)-c1ccccc1-4.[Cu]. The standard InChI is InChI=1S/C33H17ClN8O.Cu/c34-25(43)16-13-14-23-24(15-16)33-41-31-22-12-6-5-11-21(22)29(39-31)37-27-18-8-2-1-7-17(18)26(35-27)36-28-19-9-3-4-10-20(19)30(38-28)40-32(23)42-33;/h1-15H,(H2,35,36,37,38,39,40,41,42);. The van der Waals surface area contributed by atoms with Gasteiger partial charge in [0.1, 0.15) is 22.6 Å². The minimum atomic E-state index is -0.559. The second kappa shape index (κ2) is 9.89. The molecule has 44 heavy (non-hydrogen) atoms. The van der Waals surface area contributed by atoms with Gasteiger partial charge in [0.05, 0.1) is 0 Å². The van der Waals surface area contributed by atoms with Crippen LogP contribution in [0.3, 0.4) is 0 Å². The smallest absolute Gasteiger partial charge is 0.252 e. The summed E-state index contributed by atoms with van der Waals surface area (Å²) in [5.41, 5.74) is 6.07. The molecular formula is C33H17ClCuN8O. The van der Waals surface area contributed by atoms with Gasteiger partial charge in [0.2, 0.25) is 0 Å². The molecule has 9 rings (SSSR count). The first kappa shape index (κ1) is 26.4. The Morgan fingerprint density at radius 3 is 1.25 bits per heavy atom. The van der Waals surface area contributed by atoms with Crippen molar-refractivity contribution in [2.45, 2.75) is 0 Å². The van der Waals surface area contributed by atoms with Gasteiger partial charge in [0.15, 0.2) is 23.3 Å². The summed E-state index contributed by atoms with van der Waals surface area (Å²) in [4.78, 5) is 48.5. The Morgan fingerprint density at radius 1 is 0.477 bits per heavy atom. The zero-order valence-corrected chi connectivity index (χ0v) is 24.1. The van der Waals surface area contributed by atoms with Crippen LogP contribution in [0.4, 0.5) is 0 Å². The zero-order valence-electron chi connectivity index (χ0n) is 22.4. The van der Waals surface area contributed by atoms with E-state index in [9.17, 15) is 4.79 Å². The van der Waals surface area contributed by atoms with Crippen molar-refractivity contribution in [2.75, 3.05) is 0 Å². The number of carbonyl (C=O) groups excluding carboxylic acids is 1. The van der Waals surface area contributed by atoms with E-state index < -0.39 is 5.24 Å². The van der Waals surface area contributed by atoms with E-state index in [0.29, 0.717) is 56.8 Å². The predicted molar refractivity (Wildman–Crippen MR) is 166 cm³/mol. The van der Waals surface area contributed by atoms with Gasteiger partial charge in [0, 0.05) is 66.4 Å². The number of benzene rings is 4. The topological polar surface area (TPSA) is 126 Å². The van der Waals surface area contributed by atoms with Gasteiger partial charge in [-0.25, -0.2) is 29.9 Å². The summed E-state index contributed by atoms with van der Waals surface area (Å²) in [6.45, 7) is 0. The Kier molecular flexibility index (Phi) is 5.92. The van der Waals surface area contributed by atoms with Crippen molar-refractivity contribution in [2.24, 2.45) is 0 Å².